The molecule has 1 aromatic carbocycles. The Morgan fingerprint density at radius 3 is 1.75 bits per heavy atom. The number of hydrogen-bond donors (Lipinski definition) is 2. The van der Waals surface area contributed by atoms with Crippen molar-refractivity contribution >= 4 is 27.9 Å². The number of carboxylic acid groups (broad SMARTS) is 2. The van der Waals surface area contributed by atoms with E-state index >= 15 is 0 Å². The number of hydrogen-bond acceptors (Lipinski definition) is 8. The zero-order valence-corrected chi connectivity index (χ0v) is 21.1. The van der Waals surface area contributed by atoms with E-state index in [9.17, 15) is 22.8 Å². The average Bonchev–Trinajstić information content (AvgIpc) is 2.98. The summed E-state index contributed by atoms with van der Waals surface area (Å²) in [4.78, 5) is 38.5. The van der Waals surface area contributed by atoms with E-state index in [0.29, 0.717) is 26.2 Å². The molecule has 172 valence electrons. The number of likely N-dealkylation sites (N-methyl/N-ethyl adjacent to an activating group) is 1. The van der Waals surface area contributed by atoms with Crippen LogP contribution in [0, 0.1) is 0 Å². The summed E-state index contributed by atoms with van der Waals surface area (Å²) in [5.74, 6) is -2.36. The minimum Gasteiger partial charge on any atom is -0.537 e. The largest absolute Gasteiger partial charge is 1.00 e. The number of carboxylic acids is 2. The van der Waals surface area contributed by atoms with Gasteiger partial charge >= 0.3 is 41.5 Å². The van der Waals surface area contributed by atoms with Crippen molar-refractivity contribution in [3.05, 3.63) is 34.6 Å². The van der Waals surface area contributed by atoms with Crippen molar-refractivity contribution in [2.24, 2.45) is 0 Å². The van der Waals surface area contributed by atoms with Crippen LogP contribution in [0.3, 0.4) is 0 Å². The van der Waals surface area contributed by atoms with Crippen LogP contribution in [0.25, 0.3) is 4.72 Å². The van der Waals surface area contributed by atoms with Gasteiger partial charge in [-0.2, -0.15) is 0 Å². The number of rotatable bonds is 5. The van der Waals surface area contributed by atoms with E-state index in [1.165, 1.54) is 12.1 Å². The third-order valence-corrected chi connectivity index (χ3v) is 6.28. The second kappa shape index (κ2) is 13.2. The summed E-state index contributed by atoms with van der Waals surface area (Å²) >= 11 is 0. The van der Waals surface area contributed by atoms with E-state index in [2.05, 4.69) is 16.5 Å². The van der Waals surface area contributed by atoms with Gasteiger partial charge in [0.25, 0.3) is 0 Å². The van der Waals surface area contributed by atoms with E-state index in [0.717, 1.165) is 19.6 Å². The number of amides is 1. The third kappa shape index (κ3) is 8.77. The fourth-order valence-corrected chi connectivity index (χ4v) is 4.37. The third-order valence-electron chi connectivity index (χ3n) is 4.96. The van der Waals surface area contributed by atoms with Gasteiger partial charge in [-0.1, -0.05) is 25.1 Å². The van der Waals surface area contributed by atoms with Gasteiger partial charge in [-0.3, -0.25) is 19.4 Å². The van der Waals surface area contributed by atoms with E-state index < -0.39 is 27.9 Å². The molecule has 1 aromatic rings. The van der Waals surface area contributed by atoms with Gasteiger partial charge in [0.1, 0.15) is 10.0 Å². The van der Waals surface area contributed by atoms with Gasteiger partial charge in [0.15, 0.2) is 0 Å². The van der Waals surface area contributed by atoms with Gasteiger partial charge < -0.3 is 24.6 Å². The molecular weight excluding hydrogens is 451 g/mol. The molecular formula is C19H27N4NaO7S. The fraction of sp³-hybridized carbons (Fsp3) is 0.526. The second-order valence-electron chi connectivity index (χ2n) is 7.14. The molecule has 0 spiro atoms. The molecule has 0 saturated carbocycles. The van der Waals surface area contributed by atoms with Crippen molar-refractivity contribution in [2.45, 2.75) is 11.8 Å². The smallest absolute Gasteiger partial charge is 0.537 e. The van der Waals surface area contributed by atoms with Crippen molar-refractivity contribution in [2.75, 3.05) is 58.9 Å². The van der Waals surface area contributed by atoms with Gasteiger partial charge in [-0.15, -0.1) is 0 Å². The summed E-state index contributed by atoms with van der Waals surface area (Å²) in [6.07, 6.45) is 0. The maximum absolute atomic E-state index is 11.1. The van der Waals surface area contributed by atoms with Crippen LogP contribution >= 0.6 is 0 Å². The Kier molecular flexibility index (Phi) is 11.8. The molecule has 3 rings (SSSR count). The molecule has 2 heterocycles. The zero-order chi connectivity index (χ0) is 23.0. The monoisotopic (exact) mass is 478 g/mol. The summed E-state index contributed by atoms with van der Waals surface area (Å²) in [5, 5.41) is 17.7. The summed E-state index contributed by atoms with van der Waals surface area (Å²) in [7, 11) is -3.68. The molecule has 0 radical (unpaired) electrons. The molecule has 2 N–H and O–H groups in total. The number of nitrogens with zero attached hydrogens (tertiary/aromatic N) is 4. The van der Waals surface area contributed by atoms with Gasteiger partial charge in [-0.25, -0.2) is 8.42 Å². The molecule has 0 unspecified atom stereocenters. The second-order valence-corrected chi connectivity index (χ2v) is 8.71. The molecule has 0 aliphatic carbocycles. The Bertz CT molecular complexity index is 885. The average molecular weight is 479 g/mol. The first kappa shape index (κ1) is 28.5. The molecule has 1 saturated heterocycles. The number of benzene rings is 1. The van der Waals surface area contributed by atoms with E-state index in [4.69, 9.17) is 10.2 Å². The predicted octanol–water partition coefficient (Wildman–Crippen LogP) is -3.00. The quantitative estimate of drug-likeness (QED) is 0.419. The van der Waals surface area contributed by atoms with Crippen LogP contribution in [0.2, 0.25) is 0 Å². The van der Waals surface area contributed by atoms with Gasteiger partial charge in [0.05, 0.1) is 23.9 Å². The molecule has 2 aliphatic rings. The number of aliphatic carboxylic acids is 2. The van der Waals surface area contributed by atoms with Crippen LogP contribution in [0.4, 0.5) is 0 Å². The standard InChI is InChI=1S/C12H23N3O4.C7H5NO3S.Na/c1-2-13-3-5-14(9-11(16)17)7-8-15(6-4-13)10-12(18)19;9-7-5-3-1-2-4-6(5)12(10,11)8-7;/h2-10H2,1H3,(H,16,17)(H,18,19);1-4H,(H,8,9);/q;;+1/p-1. The molecule has 0 atom stereocenters. The number of carbonyl (C=O) groups excluding carboxylic acids is 1. The Morgan fingerprint density at radius 2 is 1.34 bits per heavy atom. The van der Waals surface area contributed by atoms with E-state index in [1.54, 1.807) is 12.1 Å². The number of carbonyl (C=O) groups is 3. The van der Waals surface area contributed by atoms with E-state index in [-0.39, 0.29) is 53.1 Å². The van der Waals surface area contributed by atoms with Gasteiger partial charge in [0.2, 0.25) is 0 Å². The van der Waals surface area contributed by atoms with E-state index in [1.807, 2.05) is 9.80 Å². The number of fused-ring (bicyclic) bond motifs is 1. The van der Waals surface area contributed by atoms with Crippen molar-refractivity contribution in [3.63, 3.8) is 0 Å². The maximum atomic E-state index is 11.1. The van der Waals surface area contributed by atoms with Crippen molar-refractivity contribution in [3.8, 4) is 0 Å². The van der Waals surface area contributed by atoms with Crippen molar-refractivity contribution in [1.29, 1.82) is 0 Å². The zero-order valence-electron chi connectivity index (χ0n) is 18.3. The van der Waals surface area contributed by atoms with Crippen LogP contribution in [-0.4, -0.2) is 110 Å². The Labute approximate surface area is 209 Å². The predicted molar refractivity (Wildman–Crippen MR) is 112 cm³/mol. The first-order valence-corrected chi connectivity index (χ1v) is 11.3. The normalized spacial score (nSPS) is 19.1. The summed E-state index contributed by atoms with van der Waals surface area (Å²) in [6, 6.07) is 5.99. The maximum Gasteiger partial charge on any atom is 1.00 e. The first-order chi connectivity index (χ1) is 14.6. The minimum absolute atomic E-state index is 0. The Balaban J connectivity index is 0.000000338. The van der Waals surface area contributed by atoms with Crippen LogP contribution < -0.4 is 29.6 Å². The van der Waals surface area contributed by atoms with Crippen molar-refractivity contribution < 1.29 is 62.6 Å². The van der Waals surface area contributed by atoms with Crippen LogP contribution in [0.5, 0.6) is 0 Å². The van der Waals surface area contributed by atoms with Gasteiger partial charge in [0, 0.05) is 44.8 Å². The molecule has 0 bridgehead atoms. The molecule has 11 nitrogen and oxygen atoms in total. The molecule has 0 aromatic heterocycles. The minimum atomic E-state index is -3.68. The molecule has 1 amide bonds. The topological polar surface area (TPSA) is 150 Å². The van der Waals surface area contributed by atoms with Crippen LogP contribution in [0.15, 0.2) is 29.2 Å². The molecule has 32 heavy (non-hydrogen) atoms. The summed E-state index contributed by atoms with van der Waals surface area (Å²) in [6.45, 7) is 7.23. The number of sulfonamides is 1. The first-order valence-electron chi connectivity index (χ1n) is 9.84. The summed E-state index contributed by atoms with van der Waals surface area (Å²) in [5.41, 5.74) is 0.164. The van der Waals surface area contributed by atoms with Crippen LogP contribution in [-0.2, 0) is 19.6 Å². The molecule has 2 aliphatic heterocycles. The fourth-order valence-electron chi connectivity index (χ4n) is 3.27. The van der Waals surface area contributed by atoms with Crippen molar-refractivity contribution in [1.82, 2.24) is 14.7 Å². The Hall–Kier alpha value is -1.54. The molecule has 13 heteroatoms. The SMILES string of the molecule is CCN1CCN(CC(=O)O)CCN(CC(=O)O)CC1.O=C1[N-]S(=O)(=O)c2ccccc21.[Na+]. The van der Waals surface area contributed by atoms with Crippen LogP contribution in [0.1, 0.15) is 17.3 Å². The summed E-state index contributed by atoms with van der Waals surface area (Å²) < 4.78 is 25.2. The van der Waals surface area contributed by atoms with Gasteiger partial charge in [-0.05, 0) is 12.6 Å². The Morgan fingerprint density at radius 1 is 0.906 bits per heavy atom. The molecule has 1 fully saturated rings.